The van der Waals surface area contributed by atoms with E-state index in [0.29, 0.717) is 25.5 Å². The van der Waals surface area contributed by atoms with E-state index in [1.165, 1.54) is 0 Å². The first kappa shape index (κ1) is 12.7. The summed E-state index contributed by atoms with van der Waals surface area (Å²) < 4.78 is 5.59. The number of ether oxygens (including phenoxy) is 1. The van der Waals surface area contributed by atoms with E-state index in [4.69, 9.17) is 10.5 Å². The maximum Gasteiger partial charge on any atom is 0.223 e. The largest absolute Gasteiger partial charge is 0.492 e. The lowest BCUT2D eigenvalue weighted by molar-refractivity contribution is -0.128. The molecule has 1 unspecified atom stereocenters. The molecule has 0 spiro atoms. The molecule has 18 heavy (non-hydrogen) atoms. The van der Waals surface area contributed by atoms with E-state index in [0.717, 1.165) is 24.4 Å². The van der Waals surface area contributed by atoms with Gasteiger partial charge in [-0.1, -0.05) is 13.3 Å². The maximum atomic E-state index is 11.7. The molecule has 2 N–H and O–H groups in total. The van der Waals surface area contributed by atoms with Crippen LogP contribution in [0.3, 0.4) is 0 Å². The minimum Gasteiger partial charge on any atom is -0.492 e. The summed E-state index contributed by atoms with van der Waals surface area (Å²) in [5.74, 6) is 1.57. The van der Waals surface area contributed by atoms with Gasteiger partial charge in [0.15, 0.2) is 0 Å². The Morgan fingerprint density at radius 1 is 1.39 bits per heavy atom. The summed E-state index contributed by atoms with van der Waals surface area (Å²) in [6.07, 6.45) is 1.76. The lowest BCUT2D eigenvalue weighted by atomic mass is 10.1. The van der Waals surface area contributed by atoms with E-state index in [-0.39, 0.29) is 5.91 Å². The number of carbonyl (C=O) groups excluding carboxylic acids is 1. The Hall–Kier alpha value is -1.71. The van der Waals surface area contributed by atoms with Crippen molar-refractivity contribution in [1.82, 2.24) is 4.90 Å². The highest BCUT2D eigenvalue weighted by Crippen LogP contribution is 2.20. The zero-order valence-electron chi connectivity index (χ0n) is 10.8. The molecule has 1 aromatic carbocycles. The highest BCUT2D eigenvalue weighted by atomic mass is 16.5. The fourth-order valence-corrected chi connectivity index (χ4v) is 2.18. The van der Waals surface area contributed by atoms with Crippen molar-refractivity contribution in [2.75, 3.05) is 25.4 Å². The number of hydrogen-bond donors (Lipinski definition) is 1. The second kappa shape index (κ2) is 5.76. The highest BCUT2D eigenvalue weighted by molar-refractivity contribution is 5.78. The van der Waals surface area contributed by atoms with Crippen LogP contribution in [-0.4, -0.2) is 30.5 Å². The maximum absolute atomic E-state index is 11.7. The minimum atomic E-state index is 0.253. The number of nitrogens with zero attached hydrogens (tertiary/aromatic N) is 1. The number of carbonyl (C=O) groups is 1. The van der Waals surface area contributed by atoms with Crippen LogP contribution >= 0.6 is 0 Å². The second-order valence-electron chi connectivity index (χ2n) is 4.74. The number of benzene rings is 1. The van der Waals surface area contributed by atoms with Gasteiger partial charge in [0.1, 0.15) is 12.4 Å². The van der Waals surface area contributed by atoms with E-state index in [9.17, 15) is 4.79 Å². The lowest BCUT2D eigenvalue weighted by Gasteiger charge is -2.16. The number of amides is 1. The molecule has 1 aromatic rings. The normalized spacial score (nSPS) is 19.3. The van der Waals surface area contributed by atoms with Crippen molar-refractivity contribution in [2.45, 2.75) is 19.8 Å². The molecule has 0 aromatic heterocycles. The van der Waals surface area contributed by atoms with Crippen LogP contribution in [0, 0.1) is 5.92 Å². The van der Waals surface area contributed by atoms with Gasteiger partial charge in [-0.3, -0.25) is 4.79 Å². The van der Waals surface area contributed by atoms with Gasteiger partial charge in [0, 0.05) is 18.7 Å². The third kappa shape index (κ3) is 3.15. The van der Waals surface area contributed by atoms with Gasteiger partial charge in [0.25, 0.3) is 0 Å². The molecule has 0 bridgehead atoms. The van der Waals surface area contributed by atoms with E-state index in [2.05, 4.69) is 6.92 Å². The molecule has 0 saturated carbocycles. The number of hydrogen-bond acceptors (Lipinski definition) is 3. The van der Waals surface area contributed by atoms with Crippen LogP contribution in [0.5, 0.6) is 5.75 Å². The summed E-state index contributed by atoms with van der Waals surface area (Å²) >= 11 is 0. The highest BCUT2D eigenvalue weighted by Gasteiger charge is 2.27. The molecule has 0 radical (unpaired) electrons. The summed E-state index contributed by atoms with van der Waals surface area (Å²) in [6.45, 7) is 4.21. The Balaban J connectivity index is 1.75. The molecular formula is C14H20N2O2. The molecule has 4 heteroatoms. The average Bonchev–Trinajstić information content (AvgIpc) is 2.73. The van der Waals surface area contributed by atoms with E-state index < -0.39 is 0 Å². The molecule has 4 nitrogen and oxygen atoms in total. The molecule has 0 aliphatic carbocycles. The second-order valence-corrected chi connectivity index (χ2v) is 4.74. The summed E-state index contributed by atoms with van der Waals surface area (Å²) in [5.41, 5.74) is 6.32. The lowest BCUT2D eigenvalue weighted by Crippen LogP contribution is -2.29. The summed E-state index contributed by atoms with van der Waals surface area (Å²) in [6, 6.07) is 7.30. The molecular weight excluding hydrogens is 228 g/mol. The van der Waals surface area contributed by atoms with Crippen LogP contribution in [0.1, 0.15) is 19.8 Å². The summed E-state index contributed by atoms with van der Waals surface area (Å²) in [5, 5.41) is 0. The Kier molecular flexibility index (Phi) is 4.07. The SMILES string of the molecule is CCC1CC(=O)N(CCOc2ccc(N)cc2)C1. The van der Waals surface area contributed by atoms with Gasteiger partial charge in [-0.15, -0.1) is 0 Å². The van der Waals surface area contributed by atoms with Crippen molar-refractivity contribution in [1.29, 1.82) is 0 Å². The van der Waals surface area contributed by atoms with Crippen molar-refractivity contribution in [3.63, 3.8) is 0 Å². The molecule has 1 fully saturated rings. The van der Waals surface area contributed by atoms with E-state index in [1.54, 1.807) is 0 Å². The molecule has 1 saturated heterocycles. The Labute approximate surface area is 108 Å². The predicted molar refractivity (Wildman–Crippen MR) is 71.3 cm³/mol. The molecule has 1 aliphatic rings. The number of rotatable bonds is 5. The Morgan fingerprint density at radius 3 is 2.72 bits per heavy atom. The monoisotopic (exact) mass is 248 g/mol. The van der Waals surface area contributed by atoms with Crippen molar-refractivity contribution >= 4 is 11.6 Å². The molecule has 1 amide bonds. The van der Waals surface area contributed by atoms with Crippen LogP contribution in [-0.2, 0) is 4.79 Å². The fraction of sp³-hybridized carbons (Fsp3) is 0.500. The first-order valence-electron chi connectivity index (χ1n) is 6.45. The Bertz CT molecular complexity index is 403. The number of nitrogens with two attached hydrogens (primary N) is 1. The fourth-order valence-electron chi connectivity index (χ4n) is 2.18. The number of nitrogen functional groups attached to an aromatic ring is 1. The van der Waals surface area contributed by atoms with Crippen molar-refractivity contribution in [2.24, 2.45) is 5.92 Å². The van der Waals surface area contributed by atoms with E-state index >= 15 is 0 Å². The molecule has 98 valence electrons. The van der Waals surface area contributed by atoms with Crippen LogP contribution in [0.15, 0.2) is 24.3 Å². The molecule has 1 heterocycles. The van der Waals surface area contributed by atoms with Gasteiger partial charge >= 0.3 is 0 Å². The quantitative estimate of drug-likeness (QED) is 0.810. The predicted octanol–water partition coefficient (Wildman–Crippen LogP) is 1.91. The number of likely N-dealkylation sites (tertiary alicyclic amines) is 1. The third-order valence-electron chi connectivity index (χ3n) is 3.38. The minimum absolute atomic E-state index is 0.253. The molecule has 1 aliphatic heterocycles. The third-order valence-corrected chi connectivity index (χ3v) is 3.38. The van der Waals surface area contributed by atoms with Crippen LogP contribution < -0.4 is 10.5 Å². The Morgan fingerprint density at radius 2 is 2.11 bits per heavy atom. The van der Waals surface area contributed by atoms with E-state index in [1.807, 2.05) is 29.2 Å². The van der Waals surface area contributed by atoms with Crippen LogP contribution in [0.4, 0.5) is 5.69 Å². The van der Waals surface area contributed by atoms with Gasteiger partial charge < -0.3 is 15.4 Å². The number of anilines is 1. The van der Waals surface area contributed by atoms with Gasteiger partial charge in [-0.25, -0.2) is 0 Å². The zero-order valence-corrected chi connectivity index (χ0v) is 10.8. The summed E-state index contributed by atoms with van der Waals surface area (Å²) in [4.78, 5) is 13.6. The van der Waals surface area contributed by atoms with Crippen molar-refractivity contribution < 1.29 is 9.53 Å². The van der Waals surface area contributed by atoms with Gasteiger partial charge in [-0.05, 0) is 30.2 Å². The first-order valence-corrected chi connectivity index (χ1v) is 6.45. The van der Waals surface area contributed by atoms with Gasteiger partial charge in [0.05, 0.1) is 6.54 Å². The first-order chi connectivity index (χ1) is 8.69. The zero-order chi connectivity index (χ0) is 13.0. The smallest absolute Gasteiger partial charge is 0.223 e. The van der Waals surface area contributed by atoms with Crippen LogP contribution in [0.2, 0.25) is 0 Å². The molecule has 2 rings (SSSR count). The topological polar surface area (TPSA) is 55.6 Å². The average molecular weight is 248 g/mol. The summed E-state index contributed by atoms with van der Waals surface area (Å²) in [7, 11) is 0. The van der Waals surface area contributed by atoms with Gasteiger partial charge in [-0.2, -0.15) is 0 Å². The van der Waals surface area contributed by atoms with Crippen LogP contribution in [0.25, 0.3) is 0 Å². The van der Waals surface area contributed by atoms with Crippen molar-refractivity contribution in [3.8, 4) is 5.75 Å². The standard InChI is InChI=1S/C14H20N2O2/c1-2-11-9-14(17)16(10-11)7-8-18-13-5-3-12(15)4-6-13/h3-6,11H,2,7-10,15H2,1H3. The molecule has 1 atom stereocenters. The van der Waals surface area contributed by atoms with Crippen molar-refractivity contribution in [3.05, 3.63) is 24.3 Å². The van der Waals surface area contributed by atoms with Gasteiger partial charge in [0.2, 0.25) is 5.91 Å².